The van der Waals surface area contributed by atoms with E-state index >= 15 is 0 Å². The first-order valence-corrected chi connectivity index (χ1v) is 5.64. The summed E-state index contributed by atoms with van der Waals surface area (Å²) >= 11 is 0. The zero-order chi connectivity index (χ0) is 12.3. The molecule has 92 valence electrons. The molecular weight excluding hydrogens is 223 g/mol. The fourth-order valence-electron chi connectivity index (χ4n) is 2.06. The first-order chi connectivity index (χ1) is 8.19. The molecule has 0 aliphatic heterocycles. The number of amides is 1. The molecule has 1 aliphatic rings. The second kappa shape index (κ2) is 5.23. The number of methoxy groups -OCH3 is 1. The molecule has 1 aromatic rings. The Balaban J connectivity index is 1.91. The number of hydrogen-bond donors (Lipinski definition) is 1. The zero-order valence-electron chi connectivity index (χ0n) is 9.65. The number of hydrogen-bond acceptors (Lipinski definition) is 3. The Labute approximate surface area is 99.2 Å². The Morgan fingerprint density at radius 1 is 1.53 bits per heavy atom. The van der Waals surface area contributed by atoms with Crippen LogP contribution in [0.25, 0.3) is 0 Å². The molecule has 1 aliphatic carbocycles. The van der Waals surface area contributed by atoms with Gasteiger partial charge in [0.15, 0.2) is 0 Å². The van der Waals surface area contributed by atoms with Gasteiger partial charge in [-0.3, -0.25) is 4.79 Å². The molecule has 1 N–H and O–H groups in total. The van der Waals surface area contributed by atoms with Crippen molar-refractivity contribution in [1.82, 2.24) is 10.3 Å². The maximum absolute atomic E-state index is 12.6. The van der Waals surface area contributed by atoms with E-state index < -0.39 is 5.95 Å². The van der Waals surface area contributed by atoms with Crippen molar-refractivity contribution in [3.63, 3.8) is 0 Å². The van der Waals surface area contributed by atoms with Gasteiger partial charge >= 0.3 is 0 Å². The average molecular weight is 238 g/mol. The molecule has 1 fully saturated rings. The van der Waals surface area contributed by atoms with Crippen LogP contribution in [-0.2, 0) is 4.74 Å². The van der Waals surface area contributed by atoms with Crippen LogP contribution in [0.4, 0.5) is 4.39 Å². The lowest BCUT2D eigenvalue weighted by Crippen LogP contribution is -2.33. The molecule has 4 nitrogen and oxygen atoms in total. The van der Waals surface area contributed by atoms with Gasteiger partial charge in [-0.1, -0.05) is 0 Å². The van der Waals surface area contributed by atoms with Crippen LogP contribution in [0.5, 0.6) is 0 Å². The average Bonchev–Trinajstić information content (AvgIpc) is 2.77. The van der Waals surface area contributed by atoms with Gasteiger partial charge in [-0.15, -0.1) is 0 Å². The van der Waals surface area contributed by atoms with Crippen LogP contribution >= 0.6 is 0 Å². The van der Waals surface area contributed by atoms with Crippen LogP contribution in [0, 0.1) is 5.95 Å². The van der Waals surface area contributed by atoms with E-state index in [0.29, 0.717) is 5.56 Å². The van der Waals surface area contributed by atoms with Crippen molar-refractivity contribution in [1.29, 1.82) is 0 Å². The molecule has 1 amide bonds. The zero-order valence-corrected chi connectivity index (χ0v) is 9.65. The molecule has 0 saturated heterocycles. The normalized spacial score (nSPS) is 23.6. The Kier molecular flexibility index (Phi) is 3.68. The fraction of sp³-hybridized carbons (Fsp3) is 0.500. The van der Waals surface area contributed by atoms with Gasteiger partial charge in [0, 0.05) is 19.3 Å². The summed E-state index contributed by atoms with van der Waals surface area (Å²) < 4.78 is 17.8. The van der Waals surface area contributed by atoms with Crippen LogP contribution in [0.2, 0.25) is 0 Å². The molecule has 17 heavy (non-hydrogen) atoms. The lowest BCUT2D eigenvalue weighted by molar-refractivity contribution is 0.0914. The van der Waals surface area contributed by atoms with Gasteiger partial charge in [0.25, 0.3) is 5.91 Å². The highest BCUT2D eigenvalue weighted by molar-refractivity contribution is 5.94. The van der Waals surface area contributed by atoms with Crippen molar-refractivity contribution in [2.45, 2.75) is 31.4 Å². The highest BCUT2D eigenvalue weighted by Crippen LogP contribution is 2.21. The fourth-order valence-corrected chi connectivity index (χ4v) is 2.06. The monoisotopic (exact) mass is 238 g/mol. The molecule has 1 saturated carbocycles. The van der Waals surface area contributed by atoms with Crippen LogP contribution in [0.1, 0.15) is 29.6 Å². The second-order valence-corrected chi connectivity index (χ2v) is 4.21. The molecule has 0 radical (unpaired) electrons. The summed E-state index contributed by atoms with van der Waals surface area (Å²) in [5, 5.41) is 2.90. The molecule has 1 heterocycles. The summed E-state index contributed by atoms with van der Waals surface area (Å²) in [6, 6.07) is 2.75. The second-order valence-electron chi connectivity index (χ2n) is 4.21. The minimum Gasteiger partial charge on any atom is -0.381 e. The van der Waals surface area contributed by atoms with Crippen molar-refractivity contribution in [2.24, 2.45) is 0 Å². The summed E-state index contributed by atoms with van der Waals surface area (Å²) in [5.74, 6) is -0.791. The summed E-state index contributed by atoms with van der Waals surface area (Å²) in [5.41, 5.74) is 0.382. The highest BCUT2D eigenvalue weighted by atomic mass is 19.1. The number of nitrogens with zero attached hydrogens (tertiary/aromatic N) is 1. The minimum absolute atomic E-state index is 0.137. The van der Waals surface area contributed by atoms with E-state index in [1.807, 2.05) is 0 Å². The quantitative estimate of drug-likeness (QED) is 0.812. The molecule has 1 aromatic heterocycles. The Morgan fingerprint density at radius 2 is 2.35 bits per heavy atom. The molecule has 0 spiro atoms. The topological polar surface area (TPSA) is 51.2 Å². The van der Waals surface area contributed by atoms with Crippen molar-refractivity contribution in [3.05, 3.63) is 29.8 Å². The van der Waals surface area contributed by atoms with E-state index in [1.54, 1.807) is 7.11 Å². The molecule has 2 unspecified atom stereocenters. The lowest BCUT2D eigenvalue weighted by atomic mass is 10.2. The summed E-state index contributed by atoms with van der Waals surface area (Å²) in [6.45, 7) is 0. The third kappa shape index (κ3) is 3.00. The summed E-state index contributed by atoms with van der Waals surface area (Å²) in [7, 11) is 1.68. The number of carbonyl (C=O) groups excluding carboxylic acids is 1. The molecule has 2 atom stereocenters. The van der Waals surface area contributed by atoms with Gasteiger partial charge in [-0.05, 0) is 31.4 Å². The molecule has 2 rings (SSSR count). The summed E-state index contributed by atoms with van der Waals surface area (Å²) in [4.78, 5) is 15.2. The molecular formula is C12H15FN2O2. The Bertz CT molecular complexity index is 394. The van der Waals surface area contributed by atoms with Crippen molar-refractivity contribution >= 4 is 5.91 Å². The van der Waals surface area contributed by atoms with Crippen LogP contribution in [-0.4, -0.2) is 30.1 Å². The predicted octanol–water partition coefficient (Wildman–Crippen LogP) is 1.52. The molecule has 5 heteroatoms. The largest absolute Gasteiger partial charge is 0.381 e. The van der Waals surface area contributed by atoms with Crippen LogP contribution in [0.3, 0.4) is 0 Å². The van der Waals surface area contributed by atoms with Crippen molar-refractivity contribution in [3.8, 4) is 0 Å². The van der Waals surface area contributed by atoms with E-state index in [1.165, 1.54) is 18.3 Å². The number of rotatable bonds is 3. The number of ether oxygens (including phenoxy) is 1. The standard InChI is InChI=1S/C12H15FN2O2/c1-17-10-4-3-9(6-10)15-12(16)8-2-5-11(13)14-7-8/h2,5,7,9-10H,3-4,6H2,1H3,(H,15,16). The Morgan fingerprint density at radius 3 is 2.94 bits per heavy atom. The number of halogens is 1. The summed E-state index contributed by atoms with van der Waals surface area (Å²) in [6.07, 6.45) is 4.18. The van der Waals surface area contributed by atoms with Gasteiger partial charge in [-0.2, -0.15) is 4.39 Å². The van der Waals surface area contributed by atoms with Crippen molar-refractivity contribution in [2.75, 3.05) is 7.11 Å². The SMILES string of the molecule is COC1CCC(NC(=O)c2ccc(F)nc2)C1. The number of pyridine rings is 1. The van der Waals surface area contributed by atoms with E-state index in [9.17, 15) is 9.18 Å². The van der Waals surface area contributed by atoms with Gasteiger partial charge in [0.1, 0.15) is 0 Å². The first kappa shape index (κ1) is 12.0. The van der Waals surface area contributed by atoms with Gasteiger partial charge in [0.2, 0.25) is 5.95 Å². The van der Waals surface area contributed by atoms with E-state index in [4.69, 9.17) is 4.74 Å². The number of carbonyl (C=O) groups is 1. The van der Waals surface area contributed by atoms with Gasteiger partial charge < -0.3 is 10.1 Å². The maximum atomic E-state index is 12.6. The van der Waals surface area contributed by atoms with Gasteiger partial charge in [-0.25, -0.2) is 4.98 Å². The van der Waals surface area contributed by atoms with E-state index in [2.05, 4.69) is 10.3 Å². The number of nitrogens with one attached hydrogen (secondary N) is 1. The molecule has 0 bridgehead atoms. The smallest absolute Gasteiger partial charge is 0.253 e. The van der Waals surface area contributed by atoms with Crippen LogP contribution < -0.4 is 5.32 Å². The predicted molar refractivity (Wildman–Crippen MR) is 60.1 cm³/mol. The van der Waals surface area contributed by atoms with E-state index in [-0.39, 0.29) is 18.1 Å². The lowest BCUT2D eigenvalue weighted by Gasteiger charge is -2.12. The van der Waals surface area contributed by atoms with Crippen molar-refractivity contribution < 1.29 is 13.9 Å². The Hall–Kier alpha value is -1.49. The highest BCUT2D eigenvalue weighted by Gasteiger charge is 2.25. The maximum Gasteiger partial charge on any atom is 0.253 e. The third-order valence-corrected chi connectivity index (χ3v) is 3.04. The van der Waals surface area contributed by atoms with Gasteiger partial charge in [0.05, 0.1) is 11.7 Å². The minimum atomic E-state index is -0.582. The first-order valence-electron chi connectivity index (χ1n) is 5.64. The number of aromatic nitrogens is 1. The third-order valence-electron chi connectivity index (χ3n) is 3.04. The van der Waals surface area contributed by atoms with Crippen LogP contribution in [0.15, 0.2) is 18.3 Å². The molecule has 0 aromatic carbocycles. The van der Waals surface area contributed by atoms with E-state index in [0.717, 1.165) is 19.3 Å².